The Labute approximate surface area is 238 Å². The first-order chi connectivity index (χ1) is 18.2. The van der Waals surface area contributed by atoms with Crippen molar-refractivity contribution in [2.75, 3.05) is 0 Å². The number of Topliss-reactive ketones (excluding diaryl/α,β-unsaturated/α-hetero) is 2. The van der Waals surface area contributed by atoms with E-state index >= 15 is 0 Å². The van der Waals surface area contributed by atoms with Crippen LogP contribution in [0.1, 0.15) is 106 Å². The fourth-order valence-electron chi connectivity index (χ4n) is 9.83. The van der Waals surface area contributed by atoms with E-state index in [-0.39, 0.29) is 43.2 Å². The van der Waals surface area contributed by atoms with Crippen molar-refractivity contribution in [2.24, 2.45) is 39.4 Å². The topological polar surface area (TPSA) is 152 Å². The lowest BCUT2D eigenvalue weighted by molar-refractivity contribution is -0.144. The Morgan fingerprint density at radius 2 is 1.70 bits per heavy atom. The highest BCUT2D eigenvalue weighted by Crippen LogP contribution is 2.69. The Bertz CT molecular complexity index is 1110. The summed E-state index contributed by atoms with van der Waals surface area (Å²) in [6.07, 6.45) is 0.343. The third-order valence-corrected chi connectivity index (χ3v) is 12.3. The summed E-state index contributed by atoms with van der Waals surface area (Å²) < 4.78 is 0. The normalized spacial score (nSPS) is 42.6. The standard InChI is InChI=1S/C32H50O8/c1-17(27(38)39)13-18(33)15-31(6,40)22-14-24(37)32(7)26-19(34)10-11-21-28(2,3)23(36)9-8-12-29(21,4)25(26)20(35)16-30(22,32)5/h17-19,21-23,33-34,36,40H,8-16H2,1-7H3,(H,38,39)/t17?,18-,19+,21?,22?,23+,29+,30-,31+,32+/m1/s1. The molecule has 40 heavy (non-hydrogen) atoms. The van der Waals surface area contributed by atoms with Gasteiger partial charge in [-0.2, -0.15) is 0 Å². The fraction of sp³-hybridized carbons (Fsp3) is 0.844. The minimum atomic E-state index is -1.55. The molecule has 4 rings (SSSR count). The van der Waals surface area contributed by atoms with Crippen LogP contribution in [-0.2, 0) is 14.4 Å². The van der Waals surface area contributed by atoms with Crippen LogP contribution in [0.2, 0.25) is 0 Å². The van der Waals surface area contributed by atoms with E-state index in [1.807, 2.05) is 27.7 Å². The van der Waals surface area contributed by atoms with Gasteiger partial charge in [0.1, 0.15) is 5.78 Å². The molecule has 0 radical (unpaired) electrons. The molecule has 0 spiro atoms. The highest BCUT2D eigenvalue weighted by atomic mass is 16.4. The molecule has 0 bridgehead atoms. The molecule has 8 heteroatoms. The summed E-state index contributed by atoms with van der Waals surface area (Å²) in [5, 5.41) is 54.5. The average Bonchev–Trinajstić information content (AvgIpc) is 2.89. The lowest BCUT2D eigenvalue weighted by Crippen LogP contribution is -2.56. The molecule has 4 aliphatic carbocycles. The smallest absolute Gasteiger partial charge is 0.306 e. The van der Waals surface area contributed by atoms with E-state index in [9.17, 15) is 39.9 Å². The van der Waals surface area contributed by atoms with Crippen molar-refractivity contribution in [3.63, 3.8) is 0 Å². The molecule has 10 atom stereocenters. The minimum absolute atomic E-state index is 0.00232. The number of aliphatic hydroxyl groups excluding tert-OH is 3. The van der Waals surface area contributed by atoms with E-state index < -0.39 is 63.4 Å². The van der Waals surface area contributed by atoms with E-state index in [2.05, 4.69) is 6.92 Å². The van der Waals surface area contributed by atoms with Crippen LogP contribution in [-0.4, -0.2) is 67.0 Å². The number of hydrogen-bond acceptors (Lipinski definition) is 7. The van der Waals surface area contributed by atoms with Gasteiger partial charge in [0.15, 0.2) is 5.78 Å². The number of carboxylic acids is 1. The molecule has 226 valence electrons. The summed E-state index contributed by atoms with van der Waals surface area (Å²) in [6, 6.07) is 0. The van der Waals surface area contributed by atoms with Crippen molar-refractivity contribution in [2.45, 2.75) is 130 Å². The van der Waals surface area contributed by atoms with Crippen LogP contribution in [0.5, 0.6) is 0 Å². The second-order valence-electron chi connectivity index (χ2n) is 15.1. The van der Waals surface area contributed by atoms with Gasteiger partial charge in [0.2, 0.25) is 0 Å². The molecule has 3 unspecified atom stereocenters. The number of rotatable bonds is 6. The predicted molar refractivity (Wildman–Crippen MR) is 149 cm³/mol. The lowest BCUT2D eigenvalue weighted by Gasteiger charge is -2.54. The summed E-state index contributed by atoms with van der Waals surface area (Å²) in [5.74, 6) is -2.78. The van der Waals surface area contributed by atoms with Crippen LogP contribution in [0, 0.1) is 39.4 Å². The first-order valence-electron chi connectivity index (χ1n) is 15.1. The van der Waals surface area contributed by atoms with Crippen molar-refractivity contribution in [3.05, 3.63) is 11.1 Å². The Kier molecular flexibility index (Phi) is 7.83. The third kappa shape index (κ3) is 4.43. The van der Waals surface area contributed by atoms with Gasteiger partial charge in [-0.15, -0.1) is 0 Å². The molecule has 2 fully saturated rings. The Morgan fingerprint density at radius 3 is 2.30 bits per heavy atom. The highest BCUT2D eigenvalue weighted by Gasteiger charge is 2.70. The molecule has 0 heterocycles. The van der Waals surface area contributed by atoms with E-state index in [4.69, 9.17) is 0 Å². The number of hydrogen-bond donors (Lipinski definition) is 5. The van der Waals surface area contributed by atoms with Crippen LogP contribution < -0.4 is 0 Å². The van der Waals surface area contributed by atoms with Crippen LogP contribution in [0.3, 0.4) is 0 Å². The quantitative estimate of drug-likeness (QED) is 0.328. The Hall–Kier alpha value is -1.61. The van der Waals surface area contributed by atoms with Gasteiger partial charge in [-0.1, -0.05) is 34.6 Å². The molecule has 2 saturated carbocycles. The van der Waals surface area contributed by atoms with Crippen molar-refractivity contribution in [3.8, 4) is 0 Å². The fourth-order valence-corrected chi connectivity index (χ4v) is 9.83. The van der Waals surface area contributed by atoms with Crippen molar-refractivity contribution < 1.29 is 39.9 Å². The summed E-state index contributed by atoms with van der Waals surface area (Å²) in [5.41, 5.74) is -3.76. The number of allylic oxidation sites excluding steroid dienone is 1. The van der Waals surface area contributed by atoms with Crippen LogP contribution in [0.4, 0.5) is 0 Å². The van der Waals surface area contributed by atoms with Gasteiger partial charge in [-0.05, 0) is 80.1 Å². The van der Waals surface area contributed by atoms with E-state index in [0.717, 1.165) is 6.42 Å². The maximum Gasteiger partial charge on any atom is 0.306 e. The molecule has 5 N–H and O–H groups in total. The minimum Gasteiger partial charge on any atom is -0.481 e. The number of carbonyl (C=O) groups excluding carboxylic acids is 2. The maximum atomic E-state index is 14.4. The number of aliphatic hydroxyl groups is 4. The van der Waals surface area contributed by atoms with Gasteiger partial charge in [-0.3, -0.25) is 14.4 Å². The van der Waals surface area contributed by atoms with E-state index in [1.165, 1.54) is 6.92 Å². The summed E-state index contributed by atoms with van der Waals surface area (Å²) in [6.45, 7) is 13.0. The number of carbonyl (C=O) groups is 3. The van der Waals surface area contributed by atoms with Gasteiger partial charge in [-0.25, -0.2) is 0 Å². The summed E-state index contributed by atoms with van der Waals surface area (Å²) in [7, 11) is 0. The molecular formula is C32H50O8. The molecule has 0 saturated heterocycles. The lowest BCUT2D eigenvalue weighted by atomic mass is 9.48. The Balaban J connectivity index is 1.82. The SMILES string of the molecule is CC(C[C@@H](O)C[C@](C)(O)C1CC(=O)[C@@]2(C)C3=C(C(=O)C[C@]12C)[C@@]1(C)CCC[C@H](O)C(C)(C)C1CC[C@@H]3O)C(=O)O. The predicted octanol–water partition coefficient (Wildman–Crippen LogP) is 3.82. The number of carboxylic acid groups (broad SMARTS) is 1. The van der Waals surface area contributed by atoms with Gasteiger partial charge < -0.3 is 25.5 Å². The second-order valence-corrected chi connectivity index (χ2v) is 15.1. The van der Waals surface area contributed by atoms with Gasteiger partial charge >= 0.3 is 5.97 Å². The molecule has 8 nitrogen and oxygen atoms in total. The van der Waals surface area contributed by atoms with Crippen LogP contribution in [0.25, 0.3) is 0 Å². The molecule has 0 aromatic rings. The Morgan fingerprint density at radius 1 is 1.07 bits per heavy atom. The van der Waals surface area contributed by atoms with E-state index in [0.29, 0.717) is 36.8 Å². The number of aliphatic carboxylic acids is 1. The summed E-state index contributed by atoms with van der Waals surface area (Å²) in [4.78, 5) is 39.8. The summed E-state index contributed by atoms with van der Waals surface area (Å²) >= 11 is 0. The van der Waals surface area contributed by atoms with Crippen molar-refractivity contribution in [1.29, 1.82) is 0 Å². The van der Waals surface area contributed by atoms with Crippen molar-refractivity contribution in [1.82, 2.24) is 0 Å². The van der Waals surface area contributed by atoms with Gasteiger partial charge in [0.05, 0.1) is 35.2 Å². The molecule has 0 aromatic heterocycles. The first-order valence-corrected chi connectivity index (χ1v) is 15.1. The number of fused-ring (bicyclic) bond motifs is 4. The molecule has 0 amide bonds. The third-order valence-electron chi connectivity index (χ3n) is 12.3. The molecule has 0 aliphatic heterocycles. The monoisotopic (exact) mass is 562 g/mol. The molecule has 4 aliphatic rings. The largest absolute Gasteiger partial charge is 0.481 e. The van der Waals surface area contributed by atoms with Crippen molar-refractivity contribution >= 4 is 17.5 Å². The zero-order valence-electron chi connectivity index (χ0n) is 25.3. The van der Waals surface area contributed by atoms with Crippen LogP contribution in [0.15, 0.2) is 11.1 Å². The zero-order valence-corrected chi connectivity index (χ0v) is 25.3. The average molecular weight is 563 g/mol. The zero-order chi connectivity index (χ0) is 30.2. The van der Waals surface area contributed by atoms with Gasteiger partial charge in [0.25, 0.3) is 0 Å². The van der Waals surface area contributed by atoms with E-state index in [1.54, 1.807) is 6.92 Å². The number of ketones is 2. The van der Waals surface area contributed by atoms with Gasteiger partial charge in [0, 0.05) is 30.8 Å². The molecular weight excluding hydrogens is 512 g/mol. The maximum absolute atomic E-state index is 14.4. The second kappa shape index (κ2) is 9.99. The van der Waals surface area contributed by atoms with Crippen LogP contribution >= 0.6 is 0 Å². The highest BCUT2D eigenvalue weighted by molar-refractivity contribution is 6.05. The molecule has 0 aromatic carbocycles. The first kappa shape index (κ1) is 31.3.